The summed E-state index contributed by atoms with van der Waals surface area (Å²) in [5.74, 6) is -2.70. The minimum absolute atomic E-state index is 0.172. The Morgan fingerprint density at radius 2 is 1.00 bits per heavy atom. The molecule has 6 nitrogen and oxygen atoms in total. The molecule has 2 aliphatic rings. The maximum Gasteiger partial charge on any atom is 0.342 e. The molecule has 0 spiro atoms. The third-order valence-corrected chi connectivity index (χ3v) is 3.01. The molecule has 0 aromatic rings. The van der Waals surface area contributed by atoms with Gasteiger partial charge < -0.3 is 9.47 Å². The van der Waals surface area contributed by atoms with Crippen LogP contribution in [0.25, 0.3) is 0 Å². The average Bonchev–Trinajstić information content (AvgIpc) is 2.67. The summed E-state index contributed by atoms with van der Waals surface area (Å²) in [6.07, 6.45) is 0.344. The Morgan fingerprint density at radius 3 is 1.22 bits per heavy atom. The highest BCUT2D eigenvalue weighted by molar-refractivity contribution is 6.13. The first-order valence-electron chi connectivity index (χ1n) is 5.34. The first-order chi connectivity index (χ1) is 8.41. The first kappa shape index (κ1) is 12.2. The minimum atomic E-state index is -0.687. The second kappa shape index (κ2) is 4.21. The van der Waals surface area contributed by atoms with Gasteiger partial charge in [-0.15, -0.1) is 0 Å². The van der Waals surface area contributed by atoms with Crippen LogP contribution in [0, 0.1) is 0 Å². The van der Waals surface area contributed by atoms with E-state index in [0.29, 0.717) is 0 Å². The Balaban J connectivity index is 2.14. The van der Waals surface area contributed by atoms with Crippen molar-refractivity contribution in [3.05, 3.63) is 22.3 Å². The van der Waals surface area contributed by atoms with Crippen LogP contribution < -0.4 is 0 Å². The van der Waals surface area contributed by atoms with Crippen molar-refractivity contribution >= 4 is 23.9 Å². The third kappa shape index (κ3) is 1.85. The molecule has 0 amide bonds. The van der Waals surface area contributed by atoms with E-state index in [1.807, 2.05) is 0 Å². The van der Waals surface area contributed by atoms with Crippen LogP contribution in [0.1, 0.15) is 26.7 Å². The van der Waals surface area contributed by atoms with Crippen molar-refractivity contribution in [2.75, 3.05) is 0 Å². The molecule has 2 rings (SSSR count). The van der Waals surface area contributed by atoms with E-state index in [9.17, 15) is 19.2 Å². The van der Waals surface area contributed by atoms with Crippen LogP contribution in [0.5, 0.6) is 0 Å². The monoisotopic (exact) mass is 250 g/mol. The molecule has 2 heterocycles. The fourth-order valence-electron chi connectivity index (χ4n) is 1.83. The van der Waals surface area contributed by atoms with Crippen LogP contribution in [-0.4, -0.2) is 23.9 Å². The number of hydrogen-bond donors (Lipinski definition) is 0. The number of cyclic esters (lactones) is 4. The summed E-state index contributed by atoms with van der Waals surface area (Å²) >= 11 is 0. The van der Waals surface area contributed by atoms with Gasteiger partial charge in [-0.2, -0.15) is 0 Å². The van der Waals surface area contributed by atoms with Crippen molar-refractivity contribution in [2.24, 2.45) is 0 Å². The van der Waals surface area contributed by atoms with Crippen molar-refractivity contribution in [3.8, 4) is 0 Å². The lowest BCUT2D eigenvalue weighted by atomic mass is 10.00. The lowest BCUT2D eigenvalue weighted by molar-refractivity contribution is -0.153. The lowest BCUT2D eigenvalue weighted by Gasteiger charge is -2.00. The van der Waals surface area contributed by atoms with E-state index in [0.717, 1.165) is 0 Å². The van der Waals surface area contributed by atoms with Gasteiger partial charge >= 0.3 is 23.9 Å². The smallest absolute Gasteiger partial charge is 0.342 e. The Labute approximate surface area is 102 Å². The minimum Gasteiger partial charge on any atom is -0.386 e. The van der Waals surface area contributed by atoms with Gasteiger partial charge in [0.2, 0.25) is 0 Å². The van der Waals surface area contributed by atoms with Gasteiger partial charge in [0.25, 0.3) is 0 Å². The van der Waals surface area contributed by atoms with Crippen LogP contribution in [0.15, 0.2) is 22.3 Å². The molecule has 6 heteroatoms. The summed E-state index contributed by atoms with van der Waals surface area (Å²) in [4.78, 5) is 44.9. The largest absolute Gasteiger partial charge is 0.386 e. The maximum atomic E-state index is 11.3. The molecule has 0 aromatic carbocycles. The zero-order chi connectivity index (χ0) is 13.4. The van der Waals surface area contributed by atoms with Crippen molar-refractivity contribution in [2.45, 2.75) is 26.7 Å². The predicted octanol–water partition coefficient (Wildman–Crippen LogP) is 0.566. The summed E-state index contributed by atoms with van der Waals surface area (Å²) in [5.41, 5.74) is 0.979. The van der Waals surface area contributed by atoms with Crippen molar-refractivity contribution in [3.63, 3.8) is 0 Å². The SMILES string of the molecule is CC1=C(CCC2=C(C)C(=O)OC2=O)C(=O)OC1=O. The normalized spacial score (nSPS) is 19.9. The summed E-state index contributed by atoms with van der Waals surface area (Å²) in [5, 5.41) is 0. The molecule has 0 radical (unpaired) electrons. The fraction of sp³-hybridized carbons (Fsp3) is 0.333. The van der Waals surface area contributed by atoms with E-state index >= 15 is 0 Å². The highest BCUT2D eigenvalue weighted by Gasteiger charge is 2.33. The van der Waals surface area contributed by atoms with Gasteiger partial charge in [-0.05, 0) is 26.7 Å². The summed E-state index contributed by atoms with van der Waals surface area (Å²) in [7, 11) is 0. The van der Waals surface area contributed by atoms with E-state index < -0.39 is 23.9 Å². The Morgan fingerprint density at radius 1 is 0.667 bits per heavy atom. The second-order valence-corrected chi connectivity index (χ2v) is 4.06. The average molecular weight is 250 g/mol. The number of carbonyl (C=O) groups is 4. The van der Waals surface area contributed by atoms with Crippen LogP contribution >= 0.6 is 0 Å². The number of hydrogen-bond acceptors (Lipinski definition) is 6. The van der Waals surface area contributed by atoms with E-state index in [1.165, 1.54) is 13.8 Å². The van der Waals surface area contributed by atoms with Gasteiger partial charge in [0.05, 0.1) is 0 Å². The van der Waals surface area contributed by atoms with Gasteiger partial charge in [-0.1, -0.05) is 0 Å². The van der Waals surface area contributed by atoms with Crippen LogP contribution in [-0.2, 0) is 28.7 Å². The molecule has 94 valence electrons. The maximum absolute atomic E-state index is 11.3. The molecule has 0 fully saturated rings. The second-order valence-electron chi connectivity index (χ2n) is 4.06. The molecule has 0 aromatic heterocycles. The molecular weight excluding hydrogens is 240 g/mol. The quantitative estimate of drug-likeness (QED) is 0.537. The Kier molecular flexibility index (Phi) is 2.86. The molecule has 0 bridgehead atoms. The molecule has 0 N–H and O–H groups in total. The molecule has 0 atom stereocenters. The molecule has 2 aliphatic heterocycles. The van der Waals surface area contributed by atoms with Gasteiger partial charge in [0.15, 0.2) is 0 Å². The Bertz CT molecular complexity index is 499. The fourth-order valence-corrected chi connectivity index (χ4v) is 1.83. The lowest BCUT2D eigenvalue weighted by Crippen LogP contribution is -2.04. The number of esters is 4. The van der Waals surface area contributed by atoms with E-state index in [1.54, 1.807) is 0 Å². The van der Waals surface area contributed by atoms with Gasteiger partial charge in [0.1, 0.15) is 0 Å². The molecule has 0 unspecified atom stereocenters. The zero-order valence-electron chi connectivity index (χ0n) is 9.86. The van der Waals surface area contributed by atoms with Crippen LogP contribution in [0.4, 0.5) is 0 Å². The van der Waals surface area contributed by atoms with E-state index in [4.69, 9.17) is 0 Å². The van der Waals surface area contributed by atoms with Gasteiger partial charge in [-0.25, -0.2) is 19.2 Å². The molecule has 0 saturated carbocycles. The Hall–Kier alpha value is -2.24. The van der Waals surface area contributed by atoms with Gasteiger partial charge in [-0.3, -0.25) is 0 Å². The third-order valence-electron chi connectivity index (χ3n) is 3.01. The number of rotatable bonds is 3. The summed E-state index contributed by atoms with van der Waals surface area (Å²) in [6, 6.07) is 0. The molecule has 18 heavy (non-hydrogen) atoms. The molecule has 0 saturated heterocycles. The van der Waals surface area contributed by atoms with Crippen molar-refractivity contribution in [1.29, 1.82) is 0 Å². The van der Waals surface area contributed by atoms with E-state index in [2.05, 4.69) is 9.47 Å². The number of carbonyl (C=O) groups excluding carboxylic acids is 4. The summed E-state index contributed by atoms with van der Waals surface area (Å²) < 4.78 is 8.85. The topological polar surface area (TPSA) is 86.7 Å². The predicted molar refractivity (Wildman–Crippen MR) is 56.8 cm³/mol. The number of ether oxygens (including phenoxy) is 2. The zero-order valence-corrected chi connectivity index (χ0v) is 9.86. The molecular formula is C12H10O6. The first-order valence-corrected chi connectivity index (χ1v) is 5.34. The van der Waals surface area contributed by atoms with Crippen LogP contribution in [0.3, 0.4) is 0 Å². The highest BCUT2D eigenvalue weighted by Crippen LogP contribution is 2.27. The van der Waals surface area contributed by atoms with E-state index in [-0.39, 0.29) is 35.1 Å². The van der Waals surface area contributed by atoms with Crippen molar-refractivity contribution in [1.82, 2.24) is 0 Å². The highest BCUT2D eigenvalue weighted by atomic mass is 16.6. The van der Waals surface area contributed by atoms with Crippen LogP contribution in [0.2, 0.25) is 0 Å². The molecule has 0 aliphatic carbocycles. The van der Waals surface area contributed by atoms with Gasteiger partial charge in [0, 0.05) is 22.3 Å². The standard InChI is InChI=1S/C12H10O6/c1-5-7(11(15)17-9(5)13)3-4-8-6(2)10(14)18-12(8)16/h3-4H2,1-2H3. The van der Waals surface area contributed by atoms with Crippen molar-refractivity contribution < 1.29 is 28.7 Å². The summed E-state index contributed by atoms with van der Waals surface area (Å²) in [6.45, 7) is 2.98.